The molecule has 2 aromatic rings. The van der Waals surface area contributed by atoms with Gasteiger partial charge >= 0.3 is 5.97 Å². The van der Waals surface area contributed by atoms with Gasteiger partial charge in [-0.05, 0) is 49.8 Å². The monoisotopic (exact) mass is 382 g/mol. The molecule has 7 heteroatoms. The van der Waals surface area contributed by atoms with Gasteiger partial charge in [-0.3, -0.25) is 14.4 Å². The van der Waals surface area contributed by atoms with Gasteiger partial charge in [-0.1, -0.05) is 29.8 Å². The normalized spacial score (nSPS) is 12.0. The van der Waals surface area contributed by atoms with Crippen LogP contribution in [-0.4, -0.2) is 36.0 Å². The molecule has 2 rings (SSSR count). The van der Waals surface area contributed by atoms with Crippen LogP contribution in [0.25, 0.3) is 6.08 Å². The average molecular weight is 382 g/mol. The summed E-state index contributed by atoms with van der Waals surface area (Å²) in [6.07, 6.45) is 1.47. The number of nitrogens with one attached hydrogen (secondary N) is 2. The second-order valence-corrected chi connectivity index (χ2v) is 6.18. The second-order valence-electron chi connectivity index (χ2n) is 6.18. The van der Waals surface area contributed by atoms with Gasteiger partial charge in [-0.25, -0.2) is 0 Å². The molecule has 3 N–H and O–H groups in total. The van der Waals surface area contributed by atoms with E-state index in [-0.39, 0.29) is 5.70 Å². The molecule has 1 unspecified atom stereocenters. The van der Waals surface area contributed by atoms with Crippen LogP contribution in [0, 0.1) is 6.92 Å². The molecule has 0 spiro atoms. The molecule has 2 aromatic carbocycles. The molecule has 28 heavy (non-hydrogen) atoms. The van der Waals surface area contributed by atoms with Crippen molar-refractivity contribution in [2.24, 2.45) is 0 Å². The fourth-order valence-electron chi connectivity index (χ4n) is 2.26. The van der Waals surface area contributed by atoms with Crippen LogP contribution in [-0.2, 0) is 9.59 Å². The molecule has 0 saturated carbocycles. The second kappa shape index (κ2) is 9.36. The minimum atomic E-state index is -1.18. The fourth-order valence-corrected chi connectivity index (χ4v) is 2.26. The third-order valence-corrected chi connectivity index (χ3v) is 3.95. The van der Waals surface area contributed by atoms with E-state index in [2.05, 4.69) is 10.6 Å². The van der Waals surface area contributed by atoms with Gasteiger partial charge < -0.3 is 20.5 Å². The summed E-state index contributed by atoms with van der Waals surface area (Å²) in [6.45, 7) is 3.24. The number of carbonyl (C=O) groups is 3. The minimum absolute atomic E-state index is 0.0659. The summed E-state index contributed by atoms with van der Waals surface area (Å²) in [4.78, 5) is 36.1. The lowest BCUT2D eigenvalue weighted by Crippen LogP contribution is -2.42. The van der Waals surface area contributed by atoms with E-state index in [4.69, 9.17) is 9.84 Å². The van der Waals surface area contributed by atoms with Crippen LogP contribution in [0.5, 0.6) is 5.75 Å². The molecule has 0 aliphatic carbocycles. The number of ether oxygens (including phenoxy) is 1. The molecule has 0 bridgehead atoms. The lowest BCUT2D eigenvalue weighted by atomic mass is 10.1. The maximum absolute atomic E-state index is 12.5. The lowest BCUT2D eigenvalue weighted by Gasteiger charge is -2.13. The zero-order valence-electron chi connectivity index (χ0n) is 15.9. The third-order valence-electron chi connectivity index (χ3n) is 3.95. The summed E-state index contributed by atoms with van der Waals surface area (Å²) in [5.41, 5.74) is 1.95. The van der Waals surface area contributed by atoms with Crippen LogP contribution >= 0.6 is 0 Å². The van der Waals surface area contributed by atoms with Crippen LogP contribution in [0.3, 0.4) is 0 Å². The van der Waals surface area contributed by atoms with E-state index >= 15 is 0 Å². The molecule has 0 aromatic heterocycles. The van der Waals surface area contributed by atoms with Crippen molar-refractivity contribution in [1.82, 2.24) is 10.6 Å². The Morgan fingerprint density at radius 1 is 1.04 bits per heavy atom. The smallest absolute Gasteiger partial charge is 0.325 e. The van der Waals surface area contributed by atoms with Crippen LogP contribution in [0.15, 0.2) is 54.2 Å². The summed E-state index contributed by atoms with van der Waals surface area (Å²) >= 11 is 0. The Bertz CT molecular complexity index is 886. The van der Waals surface area contributed by atoms with Crippen LogP contribution < -0.4 is 15.4 Å². The van der Waals surface area contributed by atoms with Gasteiger partial charge in [0.1, 0.15) is 17.5 Å². The maximum atomic E-state index is 12.5. The van der Waals surface area contributed by atoms with Gasteiger partial charge in [0.15, 0.2) is 0 Å². The highest BCUT2D eigenvalue weighted by Gasteiger charge is 2.19. The van der Waals surface area contributed by atoms with Crippen molar-refractivity contribution in [3.05, 3.63) is 70.9 Å². The van der Waals surface area contributed by atoms with Crippen LogP contribution in [0.2, 0.25) is 0 Å². The first-order valence-electron chi connectivity index (χ1n) is 8.57. The van der Waals surface area contributed by atoms with E-state index in [0.717, 1.165) is 5.56 Å². The Morgan fingerprint density at radius 3 is 2.18 bits per heavy atom. The van der Waals surface area contributed by atoms with E-state index in [1.807, 2.05) is 6.92 Å². The van der Waals surface area contributed by atoms with Crippen molar-refractivity contribution in [2.75, 3.05) is 7.11 Å². The number of amides is 2. The first kappa shape index (κ1) is 20.7. The van der Waals surface area contributed by atoms with Crippen molar-refractivity contribution < 1.29 is 24.2 Å². The Hall–Kier alpha value is -3.61. The topological polar surface area (TPSA) is 105 Å². The SMILES string of the molecule is COc1ccc(C=C(NC(=O)c2ccc(C)cc2)C(=O)NC(C)C(=O)O)cc1. The van der Waals surface area contributed by atoms with Crippen molar-refractivity contribution in [3.8, 4) is 5.75 Å². The number of aliphatic carboxylic acids is 1. The number of benzene rings is 2. The van der Waals surface area contributed by atoms with Crippen molar-refractivity contribution in [2.45, 2.75) is 19.9 Å². The summed E-state index contributed by atoms with van der Waals surface area (Å²) in [7, 11) is 1.54. The summed E-state index contributed by atoms with van der Waals surface area (Å²) in [5, 5.41) is 13.9. The lowest BCUT2D eigenvalue weighted by molar-refractivity contribution is -0.140. The van der Waals surface area contributed by atoms with E-state index < -0.39 is 23.8 Å². The molecule has 0 saturated heterocycles. The van der Waals surface area contributed by atoms with Gasteiger partial charge in [-0.2, -0.15) is 0 Å². The summed E-state index contributed by atoms with van der Waals surface area (Å²) < 4.78 is 5.10. The van der Waals surface area contributed by atoms with E-state index in [1.54, 1.807) is 55.6 Å². The minimum Gasteiger partial charge on any atom is -0.497 e. The van der Waals surface area contributed by atoms with Crippen molar-refractivity contribution >= 4 is 23.9 Å². The number of methoxy groups -OCH3 is 1. The van der Waals surface area contributed by atoms with Crippen LogP contribution in [0.1, 0.15) is 28.4 Å². The van der Waals surface area contributed by atoms with Crippen LogP contribution in [0.4, 0.5) is 0 Å². The average Bonchev–Trinajstić information content (AvgIpc) is 2.68. The third kappa shape index (κ3) is 5.70. The molecule has 0 aliphatic heterocycles. The molecule has 146 valence electrons. The standard InChI is InChI=1S/C21H22N2O5/c1-13-4-8-16(9-5-13)19(24)23-18(20(25)22-14(2)21(26)27)12-15-6-10-17(28-3)11-7-15/h4-12,14H,1-3H3,(H,22,25)(H,23,24)(H,26,27). The molecule has 0 radical (unpaired) electrons. The van der Waals surface area contributed by atoms with E-state index in [0.29, 0.717) is 16.9 Å². The summed E-state index contributed by atoms with van der Waals surface area (Å²) in [6, 6.07) is 12.6. The van der Waals surface area contributed by atoms with Gasteiger partial charge in [0.2, 0.25) is 0 Å². The quantitative estimate of drug-likeness (QED) is 0.638. The van der Waals surface area contributed by atoms with Crippen molar-refractivity contribution in [3.63, 3.8) is 0 Å². The zero-order chi connectivity index (χ0) is 20.7. The number of hydrogen-bond acceptors (Lipinski definition) is 4. The number of rotatable bonds is 7. The highest BCUT2D eigenvalue weighted by atomic mass is 16.5. The molecule has 0 fully saturated rings. The summed E-state index contributed by atoms with van der Waals surface area (Å²) in [5.74, 6) is -1.71. The van der Waals surface area contributed by atoms with Gasteiger partial charge in [0, 0.05) is 5.56 Å². The van der Waals surface area contributed by atoms with E-state index in [9.17, 15) is 14.4 Å². The zero-order valence-corrected chi connectivity index (χ0v) is 15.9. The number of aryl methyl sites for hydroxylation is 1. The van der Waals surface area contributed by atoms with Gasteiger partial charge in [-0.15, -0.1) is 0 Å². The molecule has 7 nitrogen and oxygen atoms in total. The first-order chi connectivity index (χ1) is 13.3. The number of carbonyl (C=O) groups excluding carboxylic acids is 2. The number of carboxylic acid groups (broad SMARTS) is 1. The first-order valence-corrected chi connectivity index (χ1v) is 8.57. The van der Waals surface area contributed by atoms with Gasteiger partial charge in [0.25, 0.3) is 11.8 Å². The van der Waals surface area contributed by atoms with E-state index in [1.165, 1.54) is 13.0 Å². The molecule has 0 aliphatic rings. The Kier molecular flexibility index (Phi) is 6.92. The Morgan fingerprint density at radius 2 is 1.64 bits per heavy atom. The molecule has 0 heterocycles. The predicted molar refractivity (Wildman–Crippen MR) is 105 cm³/mol. The Balaban J connectivity index is 2.29. The molecule has 2 amide bonds. The molecular weight excluding hydrogens is 360 g/mol. The maximum Gasteiger partial charge on any atom is 0.325 e. The highest BCUT2D eigenvalue weighted by Crippen LogP contribution is 2.14. The Labute approximate surface area is 163 Å². The number of carboxylic acids is 1. The highest BCUT2D eigenvalue weighted by molar-refractivity contribution is 6.06. The largest absolute Gasteiger partial charge is 0.497 e. The van der Waals surface area contributed by atoms with Gasteiger partial charge in [0.05, 0.1) is 7.11 Å². The van der Waals surface area contributed by atoms with Crippen molar-refractivity contribution in [1.29, 1.82) is 0 Å². The molecule has 1 atom stereocenters. The molecular formula is C21H22N2O5. The number of hydrogen-bond donors (Lipinski definition) is 3. The fraction of sp³-hybridized carbons (Fsp3) is 0.190. The predicted octanol–water partition coefficient (Wildman–Crippen LogP) is 2.36.